The quantitative estimate of drug-likeness (QED) is 0.656. The van der Waals surface area contributed by atoms with E-state index < -0.39 is 0 Å². The number of aryl methyl sites for hydroxylation is 1. The van der Waals surface area contributed by atoms with Gasteiger partial charge in [-0.3, -0.25) is 0 Å². The van der Waals surface area contributed by atoms with Crippen LogP contribution in [0.1, 0.15) is 13.3 Å². The highest BCUT2D eigenvalue weighted by Crippen LogP contribution is 2.31. The molecule has 19 heavy (non-hydrogen) atoms. The molecular formula is C15H14ClN2S+. The summed E-state index contributed by atoms with van der Waals surface area (Å²) in [5.41, 5.74) is 2.17. The Labute approximate surface area is 121 Å². The number of pyridine rings is 1. The maximum atomic E-state index is 6.01. The van der Waals surface area contributed by atoms with E-state index >= 15 is 0 Å². The third-order valence-corrected chi connectivity index (χ3v) is 4.27. The number of nitrogens with zero attached hydrogens (tertiary/aromatic N) is 2. The molecule has 0 atom stereocenters. The van der Waals surface area contributed by atoms with E-state index in [9.17, 15) is 0 Å². The van der Waals surface area contributed by atoms with Crippen LogP contribution in [0.4, 0.5) is 0 Å². The number of hydrogen-bond acceptors (Lipinski definition) is 2. The second-order valence-electron chi connectivity index (χ2n) is 4.46. The third-order valence-electron chi connectivity index (χ3n) is 2.97. The first-order valence-corrected chi connectivity index (χ1v) is 7.51. The molecule has 0 amide bonds. The summed E-state index contributed by atoms with van der Waals surface area (Å²) in [5.74, 6) is 0. The summed E-state index contributed by atoms with van der Waals surface area (Å²) >= 11 is 7.68. The van der Waals surface area contributed by atoms with E-state index in [2.05, 4.69) is 41.0 Å². The number of aromatic nitrogens is 2. The van der Waals surface area contributed by atoms with Gasteiger partial charge in [-0.25, -0.2) is 9.55 Å². The number of thiazole rings is 1. The number of hydrogen-bond donors (Lipinski definition) is 0. The summed E-state index contributed by atoms with van der Waals surface area (Å²) in [6.07, 6.45) is 5.36. The highest BCUT2D eigenvalue weighted by molar-refractivity contribution is 7.21. The summed E-state index contributed by atoms with van der Waals surface area (Å²) in [6, 6.07) is 10.1. The second kappa shape index (κ2) is 5.27. The second-order valence-corrected chi connectivity index (χ2v) is 5.92. The van der Waals surface area contributed by atoms with Crippen molar-refractivity contribution in [2.45, 2.75) is 19.9 Å². The Kier molecular flexibility index (Phi) is 3.49. The van der Waals surface area contributed by atoms with Crippen LogP contribution in [-0.4, -0.2) is 4.98 Å². The molecule has 2 nitrogen and oxygen atoms in total. The summed E-state index contributed by atoms with van der Waals surface area (Å²) in [5, 5.41) is 1.80. The molecule has 2 aromatic heterocycles. The van der Waals surface area contributed by atoms with Crippen LogP contribution in [0.25, 0.3) is 20.8 Å². The minimum Gasteiger partial charge on any atom is -0.236 e. The largest absolute Gasteiger partial charge is 0.236 e. The fourth-order valence-electron chi connectivity index (χ4n) is 2.03. The molecule has 0 fully saturated rings. The molecule has 0 spiro atoms. The lowest BCUT2D eigenvalue weighted by Gasteiger charge is -1.95. The highest BCUT2D eigenvalue weighted by atomic mass is 35.5. The summed E-state index contributed by atoms with van der Waals surface area (Å²) in [7, 11) is 0. The van der Waals surface area contributed by atoms with Crippen molar-refractivity contribution >= 4 is 33.2 Å². The van der Waals surface area contributed by atoms with Crippen molar-refractivity contribution in [1.82, 2.24) is 4.98 Å². The number of rotatable bonds is 3. The fraction of sp³-hybridized carbons (Fsp3) is 0.200. The number of fused-ring (bicyclic) bond motifs is 1. The summed E-state index contributed by atoms with van der Waals surface area (Å²) in [4.78, 5) is 4.65. The number of halogens is 1. The van der Waals surface area contributed by atoms with Gasteiger partial charge in [0, 0.05) is 29.1 Å². The number of benzene rings is 1. The Hall–Kier alpha value is -1.45. The molecule has 3 aromatic rings. The standard InChI is InChI=1S/C15H14ClN2S/c1-2-7-18-8-5-11(6-9-18)15-17-13-4-3-12(16)10-14(13)19-15/h3-6,8-10H,2,7H2,1H3/q+1. The van der Waals surface area contributed by atoms with E-state index in [0.717, 1.165) is 38.8 Å². The molecule has 4 heteroatoms. The molecule has 0 bridgehead atoms. The van der Waals surface area contributed by atoms with E-state index in [-0.39, 0.29) is 0 Å². The van der Waals surface area contributed by atoms with Gasteiger partial charge < -0.3 is 0 Å². The smallest absolute Gasteiger partial charge is 0.169 e. The van der Waals surface area contributed by atoms with Crippen molar-refractivity contribution in [3.8, 4) is 10.6 Å². The Morgan fingerprint density at radius 3 is 2.74 bits per heavy atom. The molecule has 0 saturated carbocycles. The van der Waals surface area contributed by atoms with Crippen molar-refractivity contribution < 1.29 is 4.57 Å². The van der Waals surface area contributed by atoms with Crippen LogP contribution < -0.4 is 4.57 Å². The third kappa shape index (κ3) is 2.62. The minimum absolute atomic E-state index is 0.761. The molecule has 0 radical (unpaired) electrons. The fourth-order valence-corrected chi connectivity index (χ4v) is 3.28. The topological polar surface area (TPSA) is 16.8 Å². The highest BCUT2D eigenvalue weighted by Gasteiger charge is 2.08. The predicted octanol–water partition coefficient (Wildman–Crippen LogP) is 4.31. The molecule has 0 aliphatic carbocycles. The van der Waals surface area contributed by atoms with Crippen molar-refractivity contribution in [2.75, 3.05) is 0 Å². The molecule has 1 aromatic carbocycles. The lowest BCUT2D eigenvalue weighted by atomic mass is 10.3. The van der Waals surface area contributed by atoms with Crippen molar-refractivity contribution in [3.05, 3.63) is 47.7 Å². The van der Waals surface area contributed by atoms with Crippen LogP contribution in [0.2, 0.25) is 5.02 Å². The van der Waals surface area contributed by atoms with Crippen LogP contribution in [0.3, 0.4) is 0 Å². The van der Waals surface area contributed by atoms with Crippen LogP contribution in [0, 0.1) is 0 Å². The van der Waals surface area contributed by atoms with Gasteiger partial charge in [0.15, 0.2) is 12.4 Å². The first kappa shape index (κ1) is 12.6. The molecule has 0 aliphatic heterocycles. The lowest BCUT2D eigenvalue weighted by molar-refractivity contribution is -0.696. The lowest BCUT2D eigenvalue weighted by Crippen LogP contribution is -2.31. The van der Waals surface area contributed by atoms with Crippen molar-refractivity contribution in [2.24, 2.45) is 0 Å². The Balaban J connectivity index is 1.99. The van der Waals surface area contributed by atoms with Crippen LogP contribution in [0.5, 0.6) is 0 Å². The molecule has 3 rings (SSSR count). The van der Waals surface area contributed by atoms with Crippen molar-refractivity contribution in [3.63, 3.8) is 0 Å². The van der Waals surface area contributed by atoms with E-state index in [4.69, 9.17) is 11.6 Å². The van der Waals surface area contributed by atoms with Crippen molar-refractivity contribution in [1.29, 1.82) is 0 Å². The van der Waals surface area contributed by atoms with Crippen LogP contribution in [-0.2, 0) is 6.54 Å². The van der Waals surface area contributed by atoms with Gasteiger partial charge in [0.2, 0.25) is 0 Å². The van der Waals surface area contributed by atoms with Gasteiger partial charge in [0.1, 0.15) is 11.6 Å². The molecule has 0 aliphatic rings. The van der Waals surface area contributed by atoms with E-state index in [1.807, 2.05) is 18.2 Å². The Bertz CT molecular complexity index is 704. The van der Waals surface area contributed by atoms with Gasteiger partial charge in [-0.2, -0.15) is 0 Å². The molecule has 96 valence electrons. The van der Waals surface area contributed by atoms with Crippen LogP contribution >= 0.6 is 22.9 Å². The zero-order chi connectivity index (χ0) is 13.2. The first-order chi connectivity index (χ1) is 9.26. The first-order valence-electron chi connectivity index (χ1n) is 6.32. The maximum Gasteiger partial charge on any atom is 0.169 e. The zero-order valence-corrected chi connectivity index (χ0v) is 12.2. The summed E-state index contributed by atoms with van der Waals surface area (Å²) in [6.45, 7) is 3.23. The monoisotopic (exact) mass is 289 g/mol. The molecule has 0 N–H and O–H groups in total. The van der Waals surface area contributed by atoms with Gasteiger partial charge in [-0.1, -0.05) is 18.5 Å². The molecular weight excluding hydrogens is 276 g/mol. The molecule has 2 heterocycles. The van der Waals surface area contributed by atoms with Gasteiger partial charge in [-0.05, 0) is 18.2 Å². The van der Waals surface area contributed by atoms with E-state index in [1.165, 1.54) is 0 Å². The maximum absolute atomic E-state index is 6.01. The SMILES string of the molecule is CCC[n+]1ccc(-c2nc3ccc(Cl)cc3s2)cc1. The van der Waals surface area contributed by atoms with Gasteiger partial charge >= 0.3 is 0 Å². The van der Waals surface area contributed by atoms with Gasteiger partial charge in [0.25, 0.3) is 0 Å². The normalized spacial score (nSPS) is 11.1. The van der Waals surface area contributed by atoms with Crippen LogP contribution in [0.15, 0.2) is 42.7 Å². The summed E-state index contributed by atoms with van der Waals surface area (Å²) < 4.78 is 3.32. The van der Waals surface area contributed by atoms with Gasteiger partial charge in [0.05, 0.1) is 10.2 Å². The average molecular weight is 290 g/mol. The Morgan fingerprint density at radius 2 is 2.00 bits per heavy atom. The van der Waals surface area contributed by atoms with Gasteiger partial charge in [-0.15, -0.1) is 11.3 Å². The average Bonchev–Trinajstić information content (AvgIpc) is 2.83. The minimum atomic E-state index is 0.761. The molecule has 0 saturated heterocycles. The zero-order valence-electron chi connectivity index (χ0n) is 10.6. The van der Waals surface area contributed by atoms with E-state index in [0.29, 0.717) is 0 Å². The Morgan fingerprint density at radius 1 is 1.21 bits per heavy atom. The van der Waals surface area contributed by atoms with E-state index in [1.54, 1.807) is 11.3 Å². The molecule has 0 unspecified atom stereocenters. The predicted molar refractivity (Wildman–Crippen MR) is 80.6 cm³/mol.